The number of nitrogens with one attached hydrogen (secondary N) is 2. The van der Waals surface area contributed by atoms with Crippen LogP contribution in [0.4, 0.5) is 0 Å². The topological polar surface area (TPSA) is 83.0 Å². The monoisotopic (exact) mass is 382 g/mol. The third kappa shape index (κ3) is 5.96. The van der Waals surface area contributed by atoms with Gasteiger partial charge in [-0.3, -0.25) is 4.99 Å². The molecule has 1 fully saturated rings. The van der Waals surface area contributed by atoms with Crippen molar-refractivity contribution < 1.29 is 13.2 Å². The molecule has 1 aromatic carbocycles. The van der Waals surface area contributed by atoms with Gasteiger partial charge in [-0.1, -0.05) is 19.1 Å². The molecule has 0 aliphatic carbocycles. The van der Waals surface area contributed by atoms with E-state index in [1.165, 1.54) is 20.0 Å². The minimum Gasteiger partial charge on any atom is -0.383 e. The molecular weight excluding hydrogens is 352 g/mol. The van der Waals surface area contributed by atoms with Crippen LogP contribution in [-0.4, -0.2) is 59.7 Å². The smallest absolute Gasteiger partial charge is 0.240 e. The van der Waals surface area contributed by atoms with Crippen LogP contribution in [0.2, 0.25) is 0 Å². The summed E-state index contributed by atoms with van der Waals surface area (Å²) in [5.41, 5.74) is 0.895. The minimum absolute atomic E-state index is 0.251. The van der Waals surface area contributed by atoms with E-state index in [-0.39, 0.29) is 11.4 Å². The van der Waals surface area contributed by atoms with Crippen molar-refractivity contribution in [2.75, 3.05) is 40.4 Å². The van der Waals surface area contributed by atoms with Crippen LogP contribution in [0.25, 0.3) is 0 Å². The van der Waals surface area contributed by atoms with E-state index in [4.69, 9.17) is 4.74 Å². The van der Waals surface area contributed by atoms with Crippen LogP contribution >= 0.6 is 0 Å². The molecule has 0 saturated carbocycles. The van der Waals surface area contributed by atoms with Gasteiger partial charge in [-0.15, -0.1) is 0 Å². The number of sulfonamides is 1. The number of hydrogen-bond donors (Lipinski definition) is 2. The molecule has 0 bridgehead atoms. The van der Waals surface area contributed by atoms with Gasteiger partial charge >= 0.3 is 0 Å². The summed E-state index contributed by atoms with van der Waals surface area (Å²) in [6.45, 7) is 5.39. The van der Waals surface area contributed by atoms with Crippen LogP contribution in [0.1, 0.15) is 25.3 Å². The first-order valence-electron chi connectivity index (χ1n) is 8.99. The van der Waals surface area contributed by atoms with E-state index in [9.17, 15) is 8.42 Å². The van der Waals surface area contributed by atoms with E-state index < -0.39 is 10.0 Å². The second-order valence-electron chi connectivity index (χ2n) is 6.61. The lowest BCUT2D eigenvalue weighted by atomic mass is 10.00. The highest BCUT2D eigenvalue weighted by molar-refractivity contribution is 7.89. The average Bonchev–Trinajstić information content (AvgIpc) is 2.64. The first-order valence-corrected chi connectivity index (χ1v) is 10.5. The molecule has 8 heteroatoms. The van der Waals surface area contributed by atoms with E-state index in [0.717, 1.165) is 30.5 Å². The Kier molecular flexibility index (Phi) is 7.86. The summed E-state index contributed by atoms with van der Waals surface area (Å²) in [5.74, 6) is 1.63. The second-order valence-corrected chi connectivity index (χ2v) is 8.38. The summed E-state index contributed by atoms with van der Waals surface area (Å²) in [7, 11) is -0.207. The Morgan fingerprint density at radius 3 is 2.73 bits per heavy atom. The molecule has 1 heterocycles. The number of rotatable bonds is 7. The fourth-order valence-corrected chi connectivity index (χ4v) is 4.00. The van der Waals surface area contributed by atoms with E-state index in [1.54, 1.807) is 25.2 Å². The predicted molar refractivity (Wildman–Crippen MR) is 104 cm³/mol. The molecule has 0 aromatic heterocycles. The molecule has 0 atom stereocenters. The maximum absolute atomic E-state index is 12.3. The second kappa shape index (κ2) is 9.89. The molecule has 0 spiro atoms. The van der Waals surface area contributed by atoms with Gasteiger partial charge in [-0.2, -0.15) is 0 Å². The summed E-state index contributed by atoms with van der Waals surface area (Å²) in [6, 6.07) is 6.95. The maximum atomic E-state index is 12.3. The van der Waals surface area contributed by atoms with Crippen molar-refractivity contribution in [1.29, 1.82) is 0 Å². The van der Waals surface area contributed by atoms with E-state index >= 15 is 0 Å². The number of aliphatic imine (C=N–C) groups is 1. The van der Waals surface area contributed by atoms with E-state index in [1.807, 2.05) is 6.07 Å². The van der Waals surface area contributed by atoms with Gasteiger partial charge in [-0.05, 0) is 36.5 Å². The van der Waals surface area contributed by atoms with Gasteiger partial charge in [-0.25, -0.2) is 13.1 Å². The zero-order valence-corrected chi connectivity index (χ0v) is 16.7. The van der Waals surface area contributed by atoms with Crippen LogP contribution in [-0.2, 0) is 21.3 Å². The zero-order chi connectivity index (χ0) is 19.0. The summed E-state index contributed by atoms with van der Waals surface area (Å²) >= 11 is 0. The normalized spacial score (nSPS) is 16.7. The van der Waals surface area contributed by atoms with Gasteiger partial charge in [0.05, 0.1) is 11.5 Å². The Bertz CT molecular complexity index is 698. The van der Waals surface area contributed by atoms with Crippen LogP contribution in [0.15, 0.2) is 34.2 Å². The standard InChI is InChI=1S/C18H30N4O3S/c1-15-7-10-22(11-8-15)18(19-2)20-14-16-5-4-6-17(13-16)26(23,24)21-9-12-25-3/h4-6,13,15,21H,7-12,14H2,1-3H3,(H,19,20). The molecule has 0 unspecified atom stereocenters. The molecule has 0 radical (unpaired) electrons. The number of guanidine groups is 1. The number of benzene rings is 1. The Balaban J connectivity index is 1.97. The van der Waals surface area contributed by atoms with Gasteiger partial charge < -0.3 is 15.0 Å². The highest BCUT2D eigenvalue weighted by atomic mass is 32.2. The zero-order valence-electron chi connectivity index (χ0n) is 15.9. The molecular formula is C18H30N4O3S. The summed E-state index contributed by atoms with van der Waals surface area (Å²) < 4.78 is 32.0. The molecule has 26 heavy (non-hydrogen) atoms. The molecule has 0 amide bonds. The van der Waals surface area contributed by atoms with Crippen LogP contribution in [0, 0.1) is 5.92 Å². The van der Waals surface area contributed by atoms with Gasteiger partial charge in [0.25, 0.3) is 0 Å². The predicted octanol–water partition coefficient (Wildman–Crippen LogP) is 1.42. The Labute approximate surface area is 156 Å². The van der Waals surface area contributed by atoms with Gasteiger partial charge in [0, 0.05) is 40.3 Å². The van der Waals surface area contributed by atoms with E-state index in [2.05, 4.69) is 26.9 Å². The van der Waals surface area contributed by atoms with Crippen LogP contribution in [0.3, 0.4) is 0 Å². The van der Waals surface area contributed by atoms with Crippen molar-refractivity contribution in [2.24, 2.45) is 10.9 Å². The summed E-state index contributed by atoms with van der Waals surface area (Å²) in [4.78, 5) is 6.88. The fourth-order valence-electron chi connectivity index (χ4n) is 2.92. The van der Waals surface area contributed by atoms with Crippen LogP contribution in [0.5, 0.6) is 0 Å². The largest absolute Gasteiger partial charge is 0.383 e. The first kappa shape index (κ1) is 20.7. The minimum atomic E-state index is -3.52. The molecule has 2 rings (SSSR count). The third-order valence-corrected chi connectivity index (χ3v) is 6.01. The summed E-state index contributed by atoms with van der Waals surface area (Å²) in [6.07, 6.45) is 2.34. The van der Waals surface area contributed by atoms with E-state index in [0.29, 0.717) is 13.2 Å². The van der Waals surface area contributed by atoms with Crippen LogP contribution < -0.4 is 10.0 Å². The number of hydrogen-bond acceptors (Lipinski definition) is 4. The molecule has 1 aromatic rings. The van der Waals surface area contributed by atoms with Gasteiger partial charge in [0.1, 0.15) is 0 Å². The number of ether oxygens (including phenoxy) is 1. The molecule has 7 nitrogen and oxygen atoms in total. The average molecular weight is 383 g/mol. The van der Waals surface area contributed by atoms with Crippen molar-refractivity contribution >= 4 is 16.0 Å². The highest BCUT2D eigenvalue weighted by Gasteiger charge is 2.19. The molecule has 1 saturated heterocycles. The molecule has 2 N–H and O–H groups in total. The lowest BCUT2D eigenvalue weighted by Crippen LogP contribution is -2.45. The van der Waals surface area contributed by atoms with Crippen molar-refractivity contribution in [2.45, 2.75) is 31.2 Å². The van der Waals surface area contributed by atoms with Crippen molar-refractivity contribution in [1.82, 2.24) is 14.9 Å². The van der Waals surface area contributed by atoms with Crippen molar-refractivity contribution in [3.05, 3.63) is 29.8 Å². The fraction of sp³-hybridized carbons (Fsp3) is 0.611. The Morgan fingerprint density at radius 2 is 2.08 bits per heavy atom. The van der Waals surface area contributed by atoms with Crippen molar-refractivity contribution in [3.8, 4) is 0 Å². The lowest BCUT2D eigenvalue weighted by molar-refractivity contribution is 0.204. The highest BCUT2D eigenvalue weighted by Crippen LogP contribution is 2.16. The third-order valence-electron chi connectivity index (χ3n) is 4.55. The molecule has 146 valence electrons. The maximum Gasteiger partial charge on any atom is 0.240 e. The Morgan fingerprint density at radius 1 is 1.35 bits per heavy atom. The first-order chi connectivity index (χ1) is 12.5. The number of likely N-dealkylation sites (tertiary alicyclic amines) is 1. The van der Waals surface area contributed by atoms with Crippen molar-refractivity contribution in [3.63, 3.8) is 0 Å². The molecule has 1 aliphatic rings. The Hall–Kier alpha value is -1.64. The lowest BCUT2D eigenvalue weighted by Gasteiger charge is -2.32. The summed E-state index contributed by atoms with van der Waals surface area (Å²) in [5, 5.41) is 3.34. The number of nitrogens with zero attached hydrogens (tertiary/aromatic N) is 2. The van der Waals surface area contributed by atoms with Gasteiger partial charge in [0.2, 0.25) is 10.0 Å². The quantitative estimate of drug-likeness (QED) is 0.423. The number of piperidine rings is 1. The molecule has 1 aliphatic heterocycles. The van der Waals surface area contributed by atoms with Gasteiger partial charge in [0.15, 0.2) is 5.96 Å². The number of methoxy groups -OCH3 is 1. The SMILES string of the molecule is CN=C(NCc1cccc(S(=O)(=O)NCCOC)c1)N1CCC(C)CC1.